The van der Waals surface area contributed by atoms with Gasteiger partial charge in [-0.15, -0.1) is 0 Å². The maximum Gasteiger partial charge on any atom is 0.203 e. The molecule has 0 aliphatic carbocycles. The summed E-state index contributed by atoms with van der Waals surface area (Å²) in [5.41, 5.74) is 0. The zero-order valence-electron chi connectivity index (χ0n) is 5.54. The molecule has 1 aromatic carbocycles. The second-order valence-corrected chi connectivity index (χ2v) is 1.82. The van der Waals surface area contributed by atoms with E-state index in [-0.39, 0.29) is 32.3 Å². The second kappa shape index (κ2) is 4.03. The molecule has 1 aromatic rings. The topological polar surface area (TPSA) is 20.2 Å². The van der Waals surface area contributed by atoms with E-state index in [1.807, 2.05) is 0 Å². The number of phenols is 1. The fraction of sp³-hybridized carbons (Fsp3) is 0. The van der Waals surface area contributed by atoms with Gasteiger partial charge in [-0.25, -0.2) is 8.78 Å². The SMILES string of the molecule is Oc1c(F)c(F)cc(F)c1F.[Zr]. The van der Waals surface area contributed by atoms with Crippen LogP contribution < -0.4 is 0 Å². The van der Waals surface area contributed by atoms with Gasteiger partial charge in [-0.1, -0.05) is 0 Å². The molecule has 1 nitrogen and oxygen atoms in total. The number of halogens is 4. The average Bonchev–Trinajstić information content (AvgIpc) is 1.97. The molecular weight excluding hydrogens is 255 g/mol. The van der Waals surface area contributed by atoms with Crippen LogP contribution in [0.3, 0.4) is 0 Å². The summed E-state index contributed by atoms with van der Waals surface area (Å²) in [6.45, 7) is 0. The van der Waals surface area contributed by atoms with E-state index in [9.17, 15) is 17.6 Å². The molecule has 6 heteroatoms. The Kier molecular flexibility index (Phi) is 3.90. The molecule has 0 spiro atoms. The van der Waals surface area contributed by atoms with E-state index in [1.165, 1.54) is 0 Å². The number of hydrogen-bond donors (Lipinski definition) is 1. The fourth-order valence-corrected chi connectivity index (χ4v) is 0.561. The maximum absolute atomic E-state index is 12.1. The third-order valence-electron chi connectivity index (χ3n) is 1.09. The molecule has 0 saturated carbocycles. The monoisotopic (exact) mass is 256 g/mol. The van der Waals surface area contributed by atoms with Crippen molar-refractivity contribution in [2.45, 2.75) is 0 Å². The summed E-state index contributed by atoms with van der Waals surface area (Å²) in [5, 5.41) is 8.34. The Hall–Kier alpha value is -0.377. The van der Waals surface area contributed by atoms with Crippen LogP contribution in [0.4, 0.5) is 17.6 Å². The van der Waals surface area contributed by atoms with Crippen LogP contribution in [0.5, 0.6) is 5.75 Å². The Labute approximate surface area is 84.1 Å². The Bertz CT molecular complexity index is 276. The quantitative estimate of drug-likeness (QED) is 0.556. The number of hydrogen-bond acceptors (Lipinski definition) is 1. The largest absolute Gasteiger partial charge is 0.503 e. The molecule has 12 heavy (non-hydrogen) atoms. The first kappa shape index (κ1) is 11.6. The average molecular weight is 257 g/mol. The van der Waals surface area contributed by atoms with Gasteiger partial charge in [0.05, 0.1) is 0 Å². The van der Waals surface area contributed by atoms with Gasteiger partial charge in [0.2, 0.25) is 11.6 Å². The molecule has 0 aliphatic heterocycles. The molecule has 0 unspecified atom stereocenters. The van der Waals surface area contributed by atoms with Crippen LogP contribution in [0.2, 0.25) is 0 Å². The molecule has 1 N–H and O–H groups in total. The van der Waals surface area contributed by atoms with Crippen molar-refractivity contribution in [1.82, 2.24) is 0 Å². The van der Waals surface area contributed by atoms with E-state index in [4.69, 9.17) is 5.11 Å². The van der Waals surface area contributed by atoms with Gasteiger partial charge in [-0.05, 0) is 0 Å². The minimum Gasteiger partial charge on any atom is -0.503 e. The van der Waals surface area contributed by atoms with Gasteiger partial charge in [0.25, 0.3) is 0 Å². The molecule has 0 fully saturated rings. The number of rotatable bonds is 0. The van der Waals surface area contributed by atoms with Crippen molar-refractivity contribution in [2.75, 3.05) is 0 Å². The molecule has 0 aliphatic rings. The smallest absolute Gasteiger partial charge is 0.203 e. The van der Waals surface area contributed by atoms with E-state index in [0.29, 0.717) is 0 Å². The maximum atomic E-state index is 12.1. The van der Waals surface area contributed by atoms with E-state index in [2.05, 4.69) is 0 Å². The van der Waals surface area contributed by atoms with E-state index < -0.39 is 29.0 Å². The number of phenolic OH excluding ortho intramolecular Hbond substituents is 1. The van der Waals surface area contributed by atoms with Gasteiger partial charge >= 0.3 is 0 Å². The van der Waals surface area contributed by atoms with Crippen LogP contribution in [0.15, 0.2) is 6.07 Å². The van der Waals surface area contributed by atoms with E-state index in [1.54, 1.807) is 0 Å². The zero-order valence-corrected chi connectivity index (χ0v) is 7.99. The van der Waals surface area contributed by atoms with E-state index in [0.717, 1.165) is 0 Å². The molecule has 0 aromatic heterocycles. The van der Waals surface area contributed by atoms with Crippen LogP contribution >= 0.6 is 0 Å². The van der Waals surface area contributed by atoms with Crippen molar-refractivity contribution in [3.8, 4) is 5.75 Å². The van der Waals surface area contributed by atoms with E-state index >= 15 is 0 Å². The second-order valence-electron chi connectivity index (χ2n) is 1.82. The van der Waals surface area contributed by atoms with Crippen molar-refractivity contribution >= 4 is 0 Å². The molecule has 0 radical (unpaired) electrons. The standard InChI is InChI=1S/C6H2F4O.Zr/c7-2-1-3(8)5(10)6(11)4(2)9;/h1,11H;. The van der Waals surface area contributed by atoms with Gasteiger partial charge in [0.15, 0.2) is 17.4 Å². The zero-order chi connectivity index (χ0) is 8.59. The van der Waals surface area contributed by atoms with Gasteiger partial charge in [-0.3, -0.25) is 0 Å². The first-order valence-electron chi connectivity index (χ1n) is 2.56. The number of aromatic hydroxyl groups is 1. The predicted molar refractivity (Wildman–Crippen MR) is 27.9 cm³/mol. The first-order valence-corrected chi connectivity index (χ1v) is 2.56. The molecule has 64 valence electrons. The van der Waals surface area contributed by atoms with Crippen molar-refractivity contribution in [3.63, 3.8) is 0 Å². The Morgan fingerprint density at radius 3 is 1.58 bits per heavy atom. The third kappa shape index (κ3) is 1.86. The van der Waals surface area contributed by atoms with Crippen molar-refractivity contribution in [1.29, 1.82) is 0 Å². The van der Waals surface area contributed by atoms with Gasteiger partial charge < -0.3 is 5.11 Å². The van der Waals surface area contributed by atoms with Crippen LogP contribution in [-0.4, -0.2) is 5.11 Å². The fourth-order valence-electron chi connectivity index (χ4n) is 0.561. The van der Waals surface area contributed by atoms with Crippen molar-refractivity contribution in [3.05, 3.63) is 29.3 Å². The van der Waals surface area contributed by atoms with Crippen LogP contribution in [-0.2, 0) is 26.2 Å². The molecule has 1 rings (SSSR count). The van der Waals surface area contributed by atoms with Crippen LogP contribution in [0, 0.1) is 23.3 Å². The Morgan fingerprint density at radius 1 is 0.917 bits per heavy atom. The van der Waals surface area contributed by atoms with Crippen LogP contribution in [0.25, 0.3) is 0 Å². The molecular formula is C6H2F4OZr. The summed E-state index contributed by atoms with van der Waals surface area (Å²) in [6.07, 6.45) is 0. The minimum atomic E-state index is -1.79. The summed E-state index contributed by atoms with van der Waals surface area (Å²) < 4.78 is 48.4. The summed E-state index contributed by atoms with van der Waals surface area (Å²) in [5.74, 6) is -8.46. The molecule has 0 saturated heterocycles. The normalized spacial score (nSPS) is 9.33. The Balaban J connectivity index is 0.00000121. The minimum absolute atomic E-state index is 0. The van der Waals surface area contributed by atoms with Gasteiger partial charge in [0.1, 0.15) is 0 Å². The first-order chi connectivity index (χ1) is 5.04. The van der Waals surface area contributed by atoms with Crippen molar-refractivity contribution < 1.29 is 48.9 Å². The van der Waals surface area contributed by atoms with Gasteiger partial charge in [0, 0.05) is 32.3 Å². The molecule has 0 amide bonds. The molecule has 0 bridgehead atoms. The Morgan fingerprint density at radius 2 is 1.25 bits per heavy atom. The summed E-state index contributed by atoms with van der Waals surface area (Å²) in [4.78, 5) is 0. The summed E-state index contributed by atoms with van der Waals surface area (Å²) in [6, 6.07) is 0.0182. The van der Waals surface area contributed by atoms with Crippen molar-refractivity contribution in [2.24, 2.45) is 0 Å². The predicted octanol–water partition coefficient (Wildman–Crippen LogP) is 1.95. The number of benzene rings is 1. The van der Waals surface area contributed by atoms with Gasteiger partial charge in [-0.2, -0.15) is 8.78 Å². The molecule has 0 heterocycles. The summed E-state index contributed by atoms with van der Waals surface area (Å²) in [7, 11) is 0. The molecule has 0 atom stereocenters. The third-order valence-corrected chi connectivity index (χ3v) is 1.09. The van der Waals surface area contributed by atoms with Crippen LogP contribution in [0.1, 0.15) is 0 Å². The summed E-state index contributed by atoms with van der Waals surface area (Å²) >= 11 is 0.